The van der Waals surface area contributed by atoms with Crippen molar-refractivity contribution in [2.45, 2.75) is 57.3 Å². The lowest BCUT2D eigenvalue weighted by atomic mass is 9.89. The zero-order chi connectivity index (χ0) is 16.2. The molecule has 4 nitrogen and oxygen atoms in total. The number of benzene rings is 1. The van der Waals surface area contributed by atoms with Gasteiger partial charge in [-0.1, -0.05) is 23.7 Å². The number of fused-ring (bicyclic) bond motifs is 1. The summed E-state index contributed by atoms with van der Waals surface area (Å²) in [5.74, 6) is 0.109. The van der Waals surface area contributed by atoms with Gasteiger partial charge in [0.05, 0.1) is 25.4 Å². The first-order valence-electron chi connectivity index (χ1n) is 8.39. The van der Waals surface area contributed by atoms with Crippen molar-refractivity contribution in [2.75, 3.05) is 13.2 Å². The zero-order valence-corrected chi connectivity index (χ0v) is 14.3. The quantitative estimate of drug-likeness (QED) is 0.918. The van der Waals surface area contributed by atoms with Crippen LogP contribution in [0.4, 0.5) is 0 Å². The average Bonchev–Trinajstić information content (AvgIpc) is 2.56. The Kier molecular flexibility index (Phi) is 5.57. The third-order valence-electron chi connectivity index (χ3n) is 4.71. The van der Waals surface area contributed by atoms with Gasteiger partial charge in [-0.15, -0.1) is 0 Å². The molecule has 126 valence electrons. The average molecular weight is 338 g/mol. The molecule has 0 unspecified atom stereocenters. The fourth-order valence-electron chi connectivity index (χ4n) is 3.42. The standard InChI is InChI=1S/C18H24ClNO3/c1-12-10-13(2-5-15(12)19)3-7-18(21)20-14-4-6-16-17(11-14)23-9-8-22-16/h2,5,10,14,16-17H,3-4,6-9,11H2,1H3,(H,20,21)/t14-,16+,17-/m1/s1. The number of hydrogen-bond acceptors (Lipinski definition) is 3. The predicted octanol–water partition coefficient (Wildman–Crippen LogP) is 3.03. The van der Waals surface area contributed by atoms with E-state index in [1.165, 1.54) is 0 Å². The summed E-state index contributed by atoms with van der Waals surface area (Å²) in [4.78, 5) is 12.2. The maximum atomic E-state index is 12.2. The molecule has 1 aromatic rings. The van der Waals surface area contributed by atoms with Crippen molar-refractivity contribution in [3.63, 3.8) is 0 Å². The van der Waals surface area contributed by atoms with Gasteiger partial charge < -0.3 is 14.8 Å². The molecule has 3 atom stereocenters. The Bertz CT molecular complexity index is 563. The highest BCUT2D eigenvalue weighted by atomic mass is 35.5. The maximum Gasteiger partial charge on any atom is 0.220 e. The van der Waals surface area contributed by atoms with Crippen molar-refractivity contribution in [1.82, 2.24) is 5.32 Å². The first-order valence-corrected chi connectivity index (χ1v) is 8.77. The Morgan fingerprint density at radius 1 is 1.26 bits per heavy atom. The van der Waals surface area contributed by atoms with Gasteiger partial charge in [-0.2, -0.15) is 0 Å². The van der Waals surface area contributed by atoms with Crippen LogP contribution in [0.25, 0.3) is 0 Å². The zero-order valence-electron chi connectivity index (χ0n) is 13.5. The van der Waals surface area contributed by atoms with E-state index in [4.69, 9.17) is 21.1 Å². The smallest absolute Gasteiger partial charge is 0.220 e. The van der Waals surface area contributed by atoms with E-state index in [0.717, 1.165) is 41.8 Å². The molecule has 2 fully saturated rings. The second-order valence-corrected chi connectivity index (χ2v) is 6.89. The number of ether oxygens (including phenoxy) is 2. The Morgan fingerprint density at radius 3 is 2.83 bits per heavy atom. The number of hydrogen-bond donors (Lipinski definition) is 1. The fraction of sp³-hybridized carbons (Fsp3) is 0.611. The van der Waals surface area contributed by atoms with E-state index in [2.05, 4.69) is 5.32 Å². The highest BCUT2D eigenvalue weighted by molar-refractivity contribution is 6.31. The first kappa shape index (κ1) is 16.7. The Balaban J connectivity index is 1.45. The van der Waals surface area contributed by atoms with Crippen LogP contribution in [0.2, 0.25) is 5.02 Å². The molecule has 1 aliphatic heterocycles. The van der Waals surface area contributed by atoms with E-state index < -0.39 is 0 Å². The fourth-order valence-corrected chi connectivity index (χ4v) is 3.54. The molecular formula is C18H24ClNO3. The van der Waals surface area contributed by atoms with Gasteiger partial charge in [0.15, 0.2) is 0 Å². The van der Waals surface area contributed by atoms with E-state index in [1.54, 1.807) is 0 Å². The van der Waals surface area contributed by atoms with Crippen LogP contribution in [0, 0.1) is 6.92 Å². The normalized spacial score (nSPS) is 27.3. The summed E-state index contributed by atoms with van der Waals surface area (Å²) < 4.78 is 11.5. The minimum absolute atomic E-state index is 0.109. The summed E-state index contributed by atoms with van der Waals surface area (Å²) in [6.45, 7) is 3.34. The summed E-state index contributed by atoms with van der Waals surface area (Å²) >= 11 is 6.03. The van der Waals surface area contributed by atoms with E-state index in [1.807, 2.05) is 25.1 Å². The Labute approximate surface area is 142 Å². The second-order valence-electron chi connectivity index (χ2n) is 6.48. The van der Waals surface area contributed by atoms with E-state index in [9.17, 15) is 4.79 Å². The van der Waals surface area contributed by atoms with Crippen molar-refractivity contribution in [2.24, 2.45) is 0 Å². The molecule has 3 rings (SSSR count). The molecule has 1 amide bonds. The number of carbonyl (C=O) groups excluding carboxylic acids is 1. The van der Waals surface area contributed by atoms with Crippen molar-refractivity contribution in [3.8, 4) is 0 Å². The molecule has 1 saturated carbocycles. The van der Waals surface area contributed by atoms with Gasteiger partial charge in [0, 0.05) is 17.5 Å². The van der Waals surface area contributed by atoms with Gasteiger partial charge in [-0.05, 0) is 49.8 Å². The van der Waals surface area contributed by atoms with Gasteiger partial charge in [0.2, 0.25) is 5.91 Å². The minimum atomic E-state index is 0.109. The summed E-state index contributed by atoms with van der Waals surface area (Å²) in [5, 5.41) is 3.92. The summed E-state index contributed by atoms with van der Waals surface area (Å²) in [7, 11) is 0. The van der Waals surface area contributed by atoms with Crippen molar-refractivity contribution in [3.05, 3.63) is 34.3 Å². The van der Waals surface area contributed by atoms with Crippen molar-refractivity contribution >= 4 is 17.5 Å². The number of amides is 1. The molecule has 0 spiro atoms. The molecule has 1 saturated heterocycles. The van der Waals surface area contributed by atoms with Crippen molar-refractivity contribution < 1.29 is 14.3 Å². The number of carbonyl (C=O) groups is 1. The van der Waals surface area contributed by atoms with Crippen LogP contribution < -0.4 is 5.32 Å². The van der Waals surface area contributed by atoms with Crippen molar-refractivity contribution in [1.29, 1.82) is 0 Å². The number of rotatable bonds is 4. The van der Waals surface area contributed by atoms with E-state index in [0.29, 0.717) is 19.6 Å². The Morgan fingerprint density at radius 2 is 2.04 bits per heavy atom. The van der Waals surface area contributed by atoms with E-state index in [-0.39, 0.29) is 24.2 Å². The van der Waals surface area contributed by atoms with Crippen LogP contribution in [-0.2, 0) is 20.7 Å². The summed E-state index contributed by atoms with van der Waals surface area (Å²) in [6, 6.07) is 6.14. The van der Waals surface area contributed by atoms with Gasteiger partial charge in [0.1, 0.15) is 0 Å². The maximum absolute atomic E-state index is 12.2. The molecule has 0 aromatic heterocycles. The third-order valence-corrected chi connectivity index (χ3v) is 5.13. The molecule has 5 heteroatoms. The molecular weight excluding hydrogens is 314 g/mol. The van der Waals surface area contributed by atoms with Gasteiger partial charge in [-0.3, -0.25) is 4.79 Å². The minimum Gasteiger partial charge on any atom is -0.373 e. The highest BCUT2D eigenvalue weighted by Gasteiger charge is 2.34. The van der Waals surface area contributed by atoms with E-state index >= 15 is 0 Å². The summed E-state index contributed by atoms with van der Waals surface area (Å²) in [5.41, 5.74) is 2.20. The molecule has 1 heterocycles. The number of aryl methyl sites for hydroxylation is 2. The number of halogens is 1. The predicted molar refractivity (Wildman–Crippen MR) is 89.8 cm³/mol. The topological polar surface area (TPSA) is 47.6 Å². The lowest BCUT2D eigenvalue weighted by Crippen LogP contribution is -2.49. The van der Waals surface area contributed by atoms with Crippen LogP contribution >= 0.6 is 11.6 Å². The lowest BCUT2D eigenvalue weighted by Gasteiger charge is -2.39. The lowest BCUT2D eigenvalue weighted by molar-refractivity contribution is -0.158. The first-order chi connectivity index (χ1) is 11.1. The van der Waals surface area contributed by atoms with Crippen LogP contribution in [0.3, 0.4) is 0 Å². The highest BCUT2D eigenvalue weighted by Crippen LogP contribution is 2.27. The number of nitrogens with one attached hydrogen (secondary N) is 1. The molecule has 23 heavy (non-hydrogen) atoms. The van der Waals surface area contributed by atoms with Crippen LogP contribution in [0.5, 0.6) is 0 Å². The largest absolute Gasteiger partial charge is 0.373 e. The molecule has 0 bridgehead atoms. The second kappa shape index (κ2) is 7.65. The molecule has 2 aliphatic rings. The van der Waals surface area contributed by atoms with Crippen LogP contribution in [0.1, 0.15) is 36.8 Å². The van der Waals surface area contributed by atoms with Crippen LogP contribution in [0.15, 0.2) is 18.2 Å². The SMILES string of the molecule is Cc1cc(CCC(=O)N[C@@H]2CC[C@@H]3OCCO[C@@H]3C2)ccc1Cl. The summed E-state index contributed by atoms with van der Waals surface area (Å²) in [6.07, 6.45) is 4.39. The molecule has 0 radical (unpaired) electrons. The van der Waals surface area contributed by atoms with Crippen LogP contribution in [-0.4, -0.2) is 37.4 Å². The molecule has 1 N–H and O–H groups in total. The molecule has 1 aromatic carbocycles. The van der Waals surface area contributed by atoms with Gasteiger partial charge in [-0.25, -0.2) is 0 Å². The van der Waals surface area contributed by atoms with Gasteiger partial charge >= 0.3 is 0 Å². The monoisotopic (exact) mass is 337 g/mol. The third kappa shape index (κ3) is 4.46. The molecule has 1 aliphatic carbocycles. The Hall–Kier alpha value is -1.10. The van der Waals surface area contributed by atoms with Gasteiger partial charge in [0.25, 0.3) is 0 Å².